The Morgan fingerprint density at radius 3 is 2.96 bits per heavy atom. The van der Waals surface area contributed by atoms with Crippen LogP contribution >= 0.6 is 0 Å². The number of allylic oxidation sites excluding steroid dienone is 1. The maximum absolute atomic E-state index is 13.2. The fraction of sp³-hybridized carbons (Fsp3) is 0.524. The molecule has 1 N–H and O–H groups in total. The third-order valence-electron chi connectivity index (χ3n) is 7.30. The molecule has 1 amide bonds. The molecule has 1 aliphatic carbocycles. The van der Waals surface area contributed by atoms with E-state index < -0.39 is 11.1 Å². The number of fused-ring (bicyclic) bond motifs is 3. The number of rotatable bonds is 2. The molecule has 6 nitrogen and oxygen atoms in total. The average Bonchev–Trinajstić information content (AvgIpc) is 3.21. The predicted molar refractivity (Wildman–Crippen MR) is 99.0 cm³/mol. The Hall–Kier alpha value is -2.34. The van der Waals surface area contributed by atoms with Gasteiger partial charge in [-0.25, -0.2) is 0 Å². The molecule has 5 atom stereocenters. The number of likely N-dealkylation sites (tertiary alicyclic amines) is 1. The normalized spacial score (nSPS) is 40.0. The molecule has 2 saturated heterocycles. The van der Waals surface area contributed by atoms with Gasteiger partial charge in [-0.05, 0) is 37.3 Å². The number of hydrogen-bond donors (Lipinski definition) is 1. The third-order valence-corrected chi connectivity index (χ3v) is 7.30. The first-order chi connectivity index (χ1) is 13.1. The van der Waals surface area contributed by atoms with Crippen molar-refractivity contribution in [2.75, 3.05) is 25.6 Å². The van der Waals surface area contributed by atoms with Crippen molar-refractivity contribution in [3.05, 3.63) is 41.5 Å². The van der Waals surface area contributed by atoms with Crippen LogP contribution in [-0.4, -0.2) is 49.3 Å². The number of hydrogen-bond acceptors (Lipinski definition) is 5. The zero-order valence-electron chi connectivity index (χ0n) is 15.6. The fourth-order valence-corrected chi connectivity index (χ4v) is 6.35. The van der Waals surface area contributed by atoms with Crippen LogP contribution in [0.3, 0.4) is 0 Å². The van der Waals surface area contributed by atoms with Crippen molar-refractivity contribution < 1.29 is 19.1 Å². The summed E-state index contributed by atoms with van der Waals surface area (Å²) in [6.07, 6.45) is 4.41. The van der Waals surface area contributed by atoms with Gasteiger partial charge in [-0.3, -0.25) is 9.59 Å². The highest BCUT2D eigenvalue weighted by molar-refractivity contribution is 5.81. The van der Waals surface area contributed by atoms with E-state index in [1.807, 2.05) is 30.0 Å². The Morgan fingerprint density at radius 2 is 2.22 bits per heavy atom. The van der Waals surface area contributed by atoms with Crippen LogP contribution in [0.5, 0.6) is 0 Å². The first-order valence-corrected chi connectivity index (χ1v) is 9.58. The van der Waals surface area contributed by atoms with E-state index in [1.165, 1.54) is 7.11 Å². The Morgan fingerprint density at radius 1 is 1.41 bits per heavy atom. The lowest BCUT2D eigenvalue weighted by molar-refractivity contribution is -0.172. The Labute approximate surface area is 158 Å². The number of benzene rings is 1. The number of anilines is 1. The van der Waals surface area contributed by atoms with E-state index in [1.54, 1.807) is 0 Å². The third kappa shape index (κ3) is 1.79. The molecule has 142 valence electrons. The van der Waals surface area contributed by atoms with E-state index in [9.17, 15) is 9.59 Å². The maximum atomic E-state index is 13.2. The number of ether oxygens (including phenoxy) is 2. The molecule has 4 aliphatic rings. The van der Waals surface area contributed by atoms with Crippen molar-refractivity contribution >= 4 is 18.1 Å². The van der Waals surface area contributed by atoms with Crippen LogP contribution in [-0.2, 0) is 24.5 Å². The largest absolute Gasteiger partial charge is 0.469 e. The molecule has 2 bridgehead atoms. The number of nitrogens with zero attached hydrogens (tertiary/aromatic N) is 1. The van der Waals surface area contributed by atoms with E-state index in [0.717, 1.165) is 29.7 Å². The molecule has 1 aromatic rings. The van der Waals surface area contributed by atoms with Gasteiger partial charge in [0.1, 0.15) is 0 Å². The number of esters is 1. The summed E-state index contributed by atoms with van der Waals surface area (Å²) in [6, 6.07) is 8.00. The summed E-state index contributed by atoms with van der Waals surface area (Å²) in [5.41, 5.74) is 1.90. The number of carbonyl (C=O) groups excluding carboxylic acids is 2. The highest BCUT2D eigenvalue weighted by Crippen LogP contribution is 2.66. The van der Waals surface area contributed by atoms with Crippen molar-refractivity contribution in [1.29, 1.82) is 0 Å². The van der Waals surface area contributed by atoms with Gasteiger partial charge in [-0.1, -0.05) is 29.8 Å². The molecule has 3 aliphatic heterocycles. The number of para-hydroxylation sites is 1. The van der Waals surface area contributed by atoms with Crippen LogP contribution in [0.2, 0.25) is 0 Å². The second kappa shape index (κ2) is 5.58. The van der Waals surface area contributed by atoms with Crippen LogP contribution in [0.15, 0.2) is 35.9 Å². The van der Waals surface area contributed by atoms with Gasteiger partial charge >= 0.3 is 5.97 Å². The first kappa shape index (κ1) is 16.8. The van der Waals surface area contributed by atoms with Crippen molar-refractivity contribution in [3.8, 4) is 0 Å². The minimum absolute atomic E-state index is 0.0476. The van der Waals surface area contributed by atoms with Gasteiger partial charge in [-0.15, -0.1) is 0 Å². The smallest absolute Gasteiger partial charge is 0.310 e. The van der Waals surface area contributed by atoms with Gasteiger partial charge in [0.05, 0.1) is 31.1 Å². The molecule has 5 rings (SSSR count). The lowest BCUT2D eigenvalue weighted by atomic mass is 9.51. The predicted octanol–water partition coefficient (Wildman–Crippen LogP) is 2.06. The van der Waals surface area contributed by atoms with Gasteiger partial charge in [0, 0.05) is 12.2 Å². The lowest BCUT2D eigenvalue weighted by Crippen LogP contribution is -2.73. The molecule has 27 heavy (non-hydrogen) atoms. The van der Waals surface area contributed by atoms with Crippen LogP contribution in [0.25, 0.3) is 0 Å². The molecule has 0 spiro atoms. The summed E-state index contributed by atoms with van der Waals surface area (Å²) in [5.74, 6) is -0.477. The summed E-state index contributed by atoms with van der Waals surface area (Å²) in [7, 11) is 1.46. The quantitative estimate of drug-likeness (QED) is 0.492. The van der Waals surface area contributed by atoms with Crippen LogP contribution < -0.4 is 5.32 Å². The maximum Gasteiger partial charge on any atom is 0.310 e. The van der Waals surface area contributed by atoms with Gasteiger partial charge < -0.3 is 19.7 Å². The summed E-state index contributed by atoms with van der Waals surface area (Å²) in [4.78, 5) is 27.0. The Balaban J connectivity index is 1.80. The number of nitrogens with one attached hydrogen (secondary N) is 1. The Bertz CT molecular complexity index is 852. The zero-order valence-corrected chi connectivity index (χ0v) is 15.6. The molecule has 1 aromatic carbocycles. The summed E-state index contributed by atoms with van der Waals surface area (Å²) in [6.45, 7) is 3.07. The average molecular weight is 368 g/mol. The highest BCUT2D eigenvalue weighted by atomic mass is 16.5. The van der Waals surface area contributed by atoms with E-state index >= 15 is 0 Å². The second-order valence-electron chi connectivity index (χ2n) is 7.98. The van der Waals surface area contributed by atoms with E-state index in [-0.39, 0.29) is 23.8 Å². The van der Waals surface area contributed by atoms with Gasteiger partial charge in [0.15, 0.2) is 5.72 Å². The van der Waals surface area contributed by atoms with Crippen molar-refractivity contribution in [2.45, 2.75) is 36.9 Å². The first-order valence-electron chi connectivity index (χ1n) is 9.58. The lowest BCUT2D eigenvalue weighted by Gasteiger charge is -2.59. The van der Waals surface area contributed by atoms with Crippen molar-refractivity contribution in [3.63, 3.8) is 0 Å². The monoisotopic (exact) mass is 368 g/mol. The number of methoxy groups -OCH3 is 1. The van der Waals surface area contributed by atoms with E-state index in [0.29, 0.717) is 19.6 Å². The van der Waals surface area contributed by atoms with Crippen LogP contribution in [0.4, 0.5) is 5.69 Å². The summed E-state index contributed by atoms with van der Waals surface area (Å²) in [5, 5.41) is 3.61. The van der Waals surface area contributed by atoms with Gasteiger partial charge in [0.2, 0.25) is 6.41 Å². The summed E-state index contributed by atoms with van der Waals surface area (Å²) < 4.78 is 11.7. The zero-order chi connectivity index (χ0) is 18.8. The SMILES string of the molecule is CC=C1CN(C=O)[C@H]2C[C@@H]1[C@@H](C(=O)OC)[C@@]13CCO[C@@]21Nc1ccccc13. The molecular formula is C21H24N2O4. The van der Waals surface area contributed by atoms with Crippen molar-refractivity contribution in [1.82, 2.24) is 4.90 Å². The topological polar surface area (TPSA) is 67.9 Å². The van der Waals surface area contributed by atoms with Gasteiger partial charge in [-0.2, -0.15) is 0 Å². The minimum Gasteiger partial charge on any atom is -0.469 e. The highest BCUT2D eigenvalue weighted by Gasteiger charge is 2.76. The second-order valence-corrected chi connectivity index (χ2v) is 7.98. The van der Waals surface area contributed by atoms with E-state index in [2.05, 4.69) is 17.5 Å². The molecule has 6 heteroatoms. The molecule has 3 heterocycles. The van der Waals surface area contributed by atoms with Crippen LogP contribution in [0.1, 0.15) is 25.3 Å². The number of amides is 1. The molecular weight excluding hydrogens is 344 g/mol. The van der Waals surface area contributed by atoms with E-state index in [4.69, 9.17) is 9.47 Å². The number of piperidine rings is 1. The molecule has 0 unspecified atom stereocenters. The van der Waals surface area contributed by atoms with Crippen LogP contribution in [0, 0.1) is 11.8 Å². The molecule has 3 fully saturated rings. The van der Waals surface area contributed by atoms with Gasteiger partial charge in [0.25, 0.3) is 0 Å². The minimum atomic E-state index is -0.785. The fourth-order valence-electron chi connectivity index (χ4n) is 6.35. The standard InChI is InChI=1S/C21H24N2O4/c1-3-13-11-23(12-24)17-10-14(13)18(19(25)26-2)20-8-9-27-21(17,20)22-16-7-5-4-6-15(16)20/h3-7,12,14,17-18,22H,8-11H2,1-2H3/t14-,17-,18-,20-,21-/m0/s1. The Kier molecular flexibility index (Phi) is 3.47. The summed E-state index contributed by atoms with van der Waals surface area (Å²) >= 11 is 0. The number of carbonyl (C=O) groups is 2. The molecule has 0 aromatic heterocycles. The molecule has 1 saturated carbocycles. The van der Waals surface area contributed by atoms with Crippen molar-refractivity contribution in [2.24, 2.45) is 11.8 Å². The molecule has 0 radical (unpaired) electrons.